The summed E-state index contributed by atoms with van der Waals surface area (Å²) < 4.78 is 38.5. The van der Waals surface area contributed by atoms with Crippen LogP contribution in [-0.4, -0.2) is 0 Å². The first kappa shape index (κ1) is 28.0. The Labute approximate surface area is 279 Å². The molecule has 234 valence electrons. The first-order valence-electron chi connectivity index (χ1n) is 17.1. The molecule has 0 radical (unpaired) electrons. The minimum Gasteiger partial charge on any atom is -0.472 e. The van der Waals surface area contributed by atoms with E-state index in [1.807, 2.05) is 18.2 Å². The molecule has 48 heavy (non-hydrogen) atoms. The second kappa shape index (κ2) is 9.54. The minimum atomic E-state index is -0.906. The third-order valence-electron chi connectivity index (χ3n) is 11.9. The van der Waals surface area contributed by atoms with Crippen molar-refractivity contribution in [2.75, 3.05) is 0 Å². The summed E-state index contributed by atoms with van der Waals surface area (Å²) in [6.45, 7) is 4.61. The maximum Gasteiger partial charge on any atom is 0.178 e. The van der Waals surface area contributed by atoms with Crippen molar-refractivity contribution < 1.29 is 13.5 Å². The number of ether oxygens (including phenoxy) is 1. The molecule has 1 spiro atoms. The SMILES string of the molecule is CC1(C)c2ccccc2-c2ccc(C3(c4ccccc4)C=Cc4c5c(c6ccccc6c4O3)-c3cc(F)cc(F)c3C53CCCC3)cc21. The molecule has 0 N–H and O–H groups in total. The molecule has 10 rings (SSSR count). The molecule has 1 unspecified atom stereocenters. The fourth-order valence-electron chi connectivity index (χ4n) is 9.83. The monoisotopic (exact) mass is 628 g/mol. The standard InChI is InChI=1S/C45H34F2O/c1-43(2)36-17-9-8-14-30(36)31-19-18-28(24-37(31)43)45(27-12-4-3-5-13-27)23-20-34-41-39(32-15-6-7-16-33(32)42(34)48-45)35-25-29(46)26-38(47)40(35)44(41)21-10-11-22-44/h3-9,12-20,23-26H,10-11,21-22H2,1-2H3. The number of fused-ring (bicyclic) bond motifs is 13. The van der Waals surface area contributed by atoms with E-state index in [9.17, 15) is 4.39 Å². The van der Waals surface area contributed by atoms with Crippen LogP contribution in [0.15, 0.2) is 115 Å². The summed E-state index contributed by atoms with van der Waals surface area (Å²) in [6, 6.07) is 36.9. The van der Waals surface area contributed by atoms with E-state index in [1.54, 1.807) is 6.07 Å². The molecule has 6 aromatic carbocycles. The molecular formula is C45H34F2O. The molecule has 3 aliphatic carbocycles. The van der Waals surface area contributed by atoms with Gasteiger partial charge in [0.2, 0.25) is 0 Å². The third kappa shape index (κ3) is 3.44. The Balaban J connectivity index is 1.26. The van der Waals surface area contributed by atoms with Crippen molar-refractivity contribution in [1.82, 2.24) is 0 Å². The van der Waals surface area contributed by atoms with E-state index < -0.39 is 22.7 Å². The lowest BCUT2D eigenvalue weighted by Crippen LogP contribution is -2.35. The first-order chi connectivity index (χ1) is 23.3. The zero-order valence-corrected chi connectivity index (χ0v) is 27.0. The van der Waals surface area contributed by atoms with Crippen LogP contribution in [0.25, 0.3) is 39.1 Å². The van der Waals surface area contributed by atoms with Crippen molar-refractivity contribution in [3.63, 3.8) is 0 Å². The number of halogens is 2. The Kier molecular flexibility index (Phi) is 5.57. The smallest absolute Gasteiger partial charge is 0.178 e. The molecule has 6 aromatic rings. The van der Waals surface area contributed by atoms with Crippen molar-refractivity contribution in [3.8, 4) is 28.0 Å². The van der Waals surface area contributed by atoms with Crippen LogP contribution in [0.5, 0.6) is 5.75 Å². The normalized spacial score (nSPS) is 20.2. The van der Waals surface area contributed by atoms with Gasteiger partial charge in [-0.1, -0.05) is 124 Å². The molecule has 0 saturated heterocycles. The van der Waals surface area contributed by atoms with Crippen molar-refractivity contribution in [3.05, 3.63) is 166 Å². The fraction of sp³-hybridized carbons (Fsp3) is 0.200. The average molecular weight is 629 g/mol. The summed E-state index contributed by atoms with van der Waals surface area (Å²) in [4.78, 5) is 0. The highest BCUT2D eigenvalue weighted by molar-refractivity contribution is 6.08. The van der Waals surface area contributed by atoms with E-state index in [1.165, 1.54) is 22.3 Å². The largest absolute Gasteiger partial charge is 0.472 e. The van der Waals surface area contributed by atoms with Crippen LogP contribution in [0.1, 0.15) is 78.5 Å². The van der Waals surface area contributed by atoms with Gasteiger partial charge < -0.3 is 4.74 Å². The van der Waals surface area contributed by atoms with Gasteiger partial charge in [0.05, 0.1) is 0 Å². The average Bonchev–Trinajstić information content (AvgIpc) is 3.77. The number of hydrogen-bond donors (Lipinski definition) is 0. The Morgan fingerprint density at radius 3 is 2.15 bits per heavy atom. The summed E-state index contributed by atoms with van der Waals surface area (Å²) in [5.74, 6) is -0.175. The molecule has 0 aromatic heterocycles. The second-order valence-corrected chi connectivity index (χ2v) is 14.6. The maximum absolute atomic E-state index is 16.0. The van der Waals surface area contributed by atoms with Gasteiger partial charge in [0.15, 0.2) is 5.60 Å². The Bertz CT molecular complexity index is 2380. The molecule has 1 aliphatic heterocycles. The lowest BCUT2D eigenvalue weighted by atomic mass is 9.73. The van der Waals surface area contributed by atoms with Crippen LogP contribution >= 0.6 is 0 Å². The van der Waals surface area contributed by atoms with E-state index in [0.29, 0.717) is 11.1 Å². The van der Waals surface area contributed by atoms with Crippen LogP contribution in [0, 0.1) is 11.6 Å². The van der Waals surface area contributed by atoms with Gasteiger partial charge in [0, 0.05) is 44.5 Å². The van der Waals surface area contributed by atoms with Crippen molar-refractivity contribution in [1.29, 1.82) is 0 Å². The van der Waals surface area contributed by atoms with Crippen molar-refractivity contribution in [2.24, 2.45) is 0 Å². The molecule has 1 nitrogen and oxygen atoms in total. The fourth-order valence-corrected chi connectivity index (χ4v) is 9.83. The second-order valence-electron chi connectivity index (χ2n) is 14.6. The quantitative estimate of drug-likeness (QED) is 0.185. The van der Waals surface area contributed by atoms with Crippen LogP contribution < -0.4 is 4.74 Å². The van der Waals surface area contributed by atoms with Gasteiger partial charge in [-0.15, -0.1) is 0 Å². The zero-order chi connectivity index (χ0) is 32.4. The number of rotatable bonds is 2. The predicted molar refractivity (Wildman–Crippen MR) is 189 cm³/mol. The minimum absolute atomic E-state index is 0.163. The number of benzene rings is 6. The van der Waals surface area contributed by atoms with Crippen molar-refractivity contribution >= 4 is 16.8 Å². The van der Waals surface area contributed by atoms with E-state index in [2.05, 4.69) is 105 Å². The highest BCUT2D eigenvalue weighted by atomic mass is 19.1. The molecule has 1 fully saturated rings. The van der Waals surface area contributed by atoms with Crippen LogP contribution in [0.4, 0.5) is 8.78 Å². The van der Waals surface area contributed by atoms with Gasteiger partial charge in [-0.2, -0.15) is 0 Å². The Morgan fingerprint density at radius 2 is 1.33 bits per heavy atom. The summed E-state index contributed by atoms with van der Waals surface area (Å²) in [7, 11) is 0. The van der Waals surface area contributed by atoms with Gasteiger partial charge in [0.1, 0.15) is 17.4 Å². The lowest BCUT2D eigenvalue weighted by molar-refractivity contribution is 0.163. The topological polar surface area (TPSA) is 9.23 Å². The van der Waals surface area contributed by atoms with Gasteiger partial charge in [-0.05, 0) is 75.4 Å². The maximum atomic E-state index is 16.0. The number of hydrogen-bond acceptors (Lipinski definition) is 1. The first-order valence-corrected chi connectivity index (χ1v) is 17.1. The highest BCUT2D eigenvalue weighted by Crippen LogP contribution is 2.63. The molecule has 1 heterocycles. The van der Waals surface area contributed by atoms with Crippen molar-refractivity contribution in [2.45, 2.75) is 56.0 Å². The van der Waals surface area contributed by atoms with Gasteiger partial charge in [-0.3, -0.25) is 0 Å². The van der Waals surface area contributed by atoms with E-state index in [0.717, 1.165) is 76.1 Å². The van der Waals surface area contributed by atoms with Gasteiger partial charge in [-0.25, -0.2) is 8.78 Å². The summed E-state index contributed by atoms with van der Waals surface area (Å²) >= 11 is 0. The molecule has 0 bridgehead atoms. The molecular weight excluding hydrogens is 594 g/mol. The summed E-state index contributed by atoms with van der Waals surface area (Å²) in [5, 5.41) is 1.93. The lowest BCUT2D eigenvalue weighted by Gasteiger charge is -2.39. The highest BCUT2D eigenvalue weighted by Gasteiger charge is 2.51. The van der Waals surface area contributed by atoms with E-state index in [-0.39, 0.29) is 5.41 Å². The van der Waals surface area contributed by atoms with Gasteiger partial charge in [0.25, 0.3) is 0 Å². The molecule has 4 aliphatic rings. The predicted octanol–water partition coefficient (Wildman–Crippen LogP) is 11.6. The van der Waals surface area contributed by atoms with Crippen LogP contribution in [-0.2, 0) is 16.4 Å². The van der Waals surface area contributed by atoms with E-state index >= 15 is 4.39 Å². The zero-order valence-electron chi connectivity index (χ0n) is 27.0. The molecule has 1 atom stereocenters. The Hall–Kier alpha value is -5.02. The van der Waals surface area contributed by atoms with Gasteiger partial charge >= 0.3 is 0 Å². The third-order valence-corrected chi connectivity index (χ3v) is 11.9. The van der Waals surface area contributed by atoms with Crippen LogP contribution in [0.3, 0.4) is 0 Å². The summed E-state index contributed by atoms with van der Waals surface area (Å²) in [6.07, 6.45) is 8.10. The van der Waals surface area contributed by atoms with Crippen LogP contribution in [0.2, 0.25) is 0 Å². The molecule has 1 saturated carbocycles. The Morgan fingerprint density at radius 1 is 0.625 bits per heavy atom. The summed E-state index contributed by atoms with van der Waals surface area (Å²) in [5.41, 5.74) is 10.1. The molecule has 3 heteroatoms. The molecule has 0 amide bonds. The van der Waals surface area contributed by atoms with E-state index in [4.69, 9.17) is 4.74 Å².